The van der Waals surface area contributed by atoms with Gasteiger partial charge in [-0.25, -0.2) is 0 Å². The maximum Gasteiger partial charge on any atom is 0.306 e. The highest BCUT2D eigenvalue weighted by Gasteiger charge is 2.19. The Labute approximate surface area is 317 Å². The maximum atomic E-state index is 12.6. The third-order valence-electron chi connectivity index (χ3n) is 10.0. The first-order valence-electron chi connectivity index (χ1n) is 22.4. The van der Waals surface area contributed by atoms with E-state index < -0.39 is 6.10 Å². The van der Waals surface area contributed by atoms with Crippen LogP contribution in [0.5, 0.6) is 0 Å². The summed E-state index contributed by atoms with van der Waals surface area (Å²) in [5.74, 6) is -0.101. The Balaban J connectivity index is 4.30. The first-order valence-corrected chi connectivity index (χ1v) is 22.4. The topological polar surface area (TPSA) is 78.9 Å². The summed E-state index contributed by atoms with van der Waals surface area (Å²) in [6.45, 7) is 8.91. The number of hydrogen-bond donors (Lipinski definition) is 0. The smallest absolute Gasteiger partial charge is 0.306 e. The number of carbonyl (C=O) groups excluding carboxylic acids is 3. The number of ether oxygens (including phenoxy) is 3. The van der Waals surface area contributed by atoms with Gasteiger partial charge in [-0.3, -0.25) is 14.4 Å². The molecule has 0 unspecified atom stereocenters. The minimum absolute atomic E-state index is 0.0649. The fraction of sp³-hybridized carbons (Fsp3) is 0.933. The zero-order valence-corrected chi connectivity index (χ0v) is 34.6. The molecule has 0 saturated carbocycles. The molecule has 0 aliphatic heterocycles. The molecule has 302 valence electrons. The van der Waals surface area contributed by atoms with Crippen molar-refractivity contribution in [2.45, 2.75) is 252 Å². The third-order valence-corrected chi connectivity index (χ3v) is 10.0. The van der Waals surface area contributed by atoms with Crippen molar-refractivity contribution < 1.29 is 28.6 Å². The van der Waals surface area contributed by atoms with Gasteiger partial charge in [-0.1, -0.05) is 207 Å². The van der Waals surface area contributed by atoms with E-state index in [1.54, 1.807) is 0 Å². The van der Waals surface area contributed by atoms with Gasteiger partial charge in [-0.2, -0.15) is 0 Å². The van der Waals surface area contributed by atoms with E-state index in [2.05, 4.69) is 27.7 Å². The molecular formula is C45H86O6. The van der Waals surface area contributed by atoms with Crippen molar-refractivity contribution in [3.8, 4) is 0 Å². The number of esters is 3. The van der Waals surface area contributed by atoms with Crippen LogP contribution in [0, 0.1) is 5.92 Å². The first kappa shape index (κ1) is 49.4. The van der Waals surface area contributed by atoms with Gasteiger partial charge in [0, 0.05) is 19.3 Å². The van der Waals surface area contributed by atoms with Crippen LogP contribution in [0.25, 0.3) is 0 Å². The van der Waals surface area contributed by atoms with Crippen LogP contribution < -0.4 is 0 Å². The van der Waals surface area contributed by atoms with E-state index in [1.165, 1.54) is 141 Å². The van der Waals surface area contributed by atoms with Gasteiger partial charge < -0.3 is 14.2 Å². The Hall–Kier alpha value is -1.59. The van der Waals surface area contributed by atoms with Gasteiger partial charge in [0.25, 0.3) is 0 Å². The molecule has 6 heteroatoms. The van der Waals surface area contributed by atoms with E-state index in [-0.39, 0.29) is 31.1 Å². The summed E-state index contributed by atoms with van der Waals surface area (Å²) in [4.78, 5) is 37.6. The van der Waals surface area contributed by atoms with Crippen molar-refractivity contribution in [3.63, 3.8) is 0 Å². The largest absolute Gasteiger partial charge is 0.462 e. The molecule has 51 heavy (non-hydrogen) atoms. The lowest BCUT2D eigenvalue weighted by molar-refractivity contribution is -0.167. The predicted octanol–water partition coefficient (Wildman–Crippen LogP) is 13.9. The fourth-order valence-electron chi connectivity index (χ4n) is 6.63. The van der Waals surface area contributed by atoms with E-state index in [0.717, 1.165) is 63.7 Å². The van der Waals surface area contributed by atoms with Crippen molar-refractivity contribution in [1.29, 1.82) is 0 Å². The van der Waals surface area contributed by atoms with Crippen LogP contribution in [-0.2, 0) is 28.6 Å². The summed E-state index contributed by atoms with van der Waals surface area (Å²) in [5, 5.41) is 0. The molecule has 0 aliphatic rings. The second-order valence-electron chi connectivity index (χ2n) is 15.8. The quantitative estimate of drug-likeness (QED) is 0.0356. The number of hydrogen-bond acceptors (Lipinski definition) is 6. The summed E-state index contributed by atoms with van der Waals surface area (Å²) < 4.78 is 16.7. The van der Waals surface area contributed by atoms with Crippen LogP contribution in [0.1, 0.15) is 246 Å². The molecule has 0 heterocycles. The maximum absolute atomic E-state index is 12.6. The standard InChI is InChI=1S/C45H86O6/c1-5-7-9-11-13-15-17-18-20-22-24-29-33-37-44(47)50-40-42(51-45(48)38-34-30-26-25-27-31-35-41(3)4)39-49-43(46)36-32-28-23-21-19-16-14-12-10-8-6-2/h41-42H,5-40H2,1-4H3/t42-/m1/s1. The minimum atomic E-state index is -0.759. The predicted molar refractivity (Wildman–Crippen MR) is 215 cm³/mol. The molecule has 6 nitrogen and oxygen atoms in total. The van der Waals surface area contributed by atoms with Crippen molar-refractivity contribution in [2.24, 2.45) is 5.92 Å². The van der Waals surface area contributed by atoms with Gasteiger partial charge >= 0.3 is 17.9 Å². The summed E-state index contributed by atoms with van der Waals surface area (Å²) in [6, 6.07) is 0. The van der Waals surface area contributed by atoms with E-state index in [9.17, 15) is 14.4 Å². The Kier molecular flexibility index (Phi) is 38.4. The SMILES string of the molecule is CCCCCCCCCCCCCCCC(=O)OC[C@@H](COC(=O)CCCCCCCCCCCCC)OC(=O)CCCCCCCCC(C)C. The molecule has 0 N–H and O–H groups in total. The summed E-state index contributed by atoms with van der Waals surface area (Å²) in [7, 11) is 0. The Bertz CT molecular complexity index is 766. The monoisotopic (exact) mass is 723 g/mol. The normalized spacial score (nSPS) is 11.9. The van der Waals surface area contributed by atoms with Gasteiger partial charge in [0.05, 0.1) is 0 Å². The summed E-state index contributed by atoms with van der Waals surface area (Å²) >= 11 is 0. The molecule has 0 fully saturated rings. The van der Waals surface area contributed by atoms with E-state index in [0.29, 0.717) is 19.3 Å². The lowest BCUT2D eigenvalue weighted by Gasteiger charge is -2.18. The third kappa shape index (κ3) is 39.5. The van der Waals surface area contributed by atoms with Crippen LogP contribution in [0.15, 0.2) is 0 Å². The first-order chi connectivity index (χ1) is 24.9. The van der Waals surface area contributed by atoms with Gasteiger partial charge in [0.1, 0.15) is 13.2 Å². The molecule has 0 radical (unpaired) electrons. The van der Waals surface area contributed by atoms with Crippen molar-refractivity contribution in [2.75, 3.05) is 13.2 Å². The second-order valence-corrected chi connectivity index (χ2v) is 15.8. The van der Waals surface area contributed by atoms with Crippen molar-refractivity contribution in [3.05, 3.63) is 0 Å². The highest BCUT2D eigenvalue weighted by atomic mass is 16.6. The highest BCUT2D eigenvalue weighted by Crippen LogP contribution is 2.16. The zero-order valence-electron chi connectivity index (χ0n) is 34.6. The molecule has 0 amide bonds. The van der Waals surface area contributed by atoms with Gasteiger partial charge in [0.2, 0.25) is 0 Å². The minimum Gasteiger partial charge on any atom is -0.462 e. The van der Waals surface area contributed by atoms with E-state index >= 15 is 0 Å². The van der Waals surface area contributed by atoms with Crippen LogP contribution in [0.4, 0.5) is 0 Å². The summed E-state index contributed by atoms with van der Waals surface area (Å²) in [5.41, 5.74) is 0. The number of rotatable bonds is 40. The van der Waals surface area contributed by atoms with Crippen LogP contribution in [0.2, 0.25) is 0 Å². The molecule has 0 saturated heterocycles. The molecular weight excluding hydrogens is 636 g/mol. The number of carbonyl (C=O) groups is 3. The van der Waals surface area contributed by atoms with Gasteiger partial charge in [0.15, 0.2) is 6.10 Å². The average Bonchev–Trinajstić information content (AvgIpc) is 3.11. The van der Waals surface area contributed by atoms with Gasteiger partial charge in [-0.15, -0.1) is 0 Å². The molecule has 0 aromatic carbocycles. The van der Waals surface area contributed by atoms with E-state index in [1.807, 2.05) is 0 Å². The van der Waals surface area contributed by atoms with Crippen LogP contribution in [0.3, 0.4) is 0 Å². The second kappa shape index (κ2) is 39.6. The molecule has 0 aromatic heterocycles. The molecule has 0 rings (SSSR count). The number of unbranched alkanes of at least 4 members (excludes halogenated alkanes) is 27. The average molecular weight is 723 g/mol. The lowest BCUT2D eigenvalue weighted by Crippen LogP contribution is -2.30. The Morgan fingerprint density at radius 3 is 0.961 bits per heavy atom. The fourth-order valence-corrected chi connectivity index (χ4v) is 6.63. The van der Waals surface area contributed by atoms with Crippen molar-refractivity contribution >= 4 is 17.9 Å². The lowest BCUT2D eigenvalue weighted by atomic mass is 10.0. The molecule has 0 bridgehead atoms. The Morgan fingerprint density at radius 1 is 0.373 bits per heavy atom. The molecule has 0 aromatic rings. The highest BCUT2D eigenvalue weighted by molar-refractivity contribution is 5.71. The van der Waals surface area contributed by atoms with Crippen LogP contribution >= 0.6 is 0 Å². The Morgan fingerprint density at radius 2 is 0.647 bits per heavy atom. The van der Waals surface area contributed by atoms with Crippen LogP contribution in [-0.4, -0.2) is 37.2 Å². The molecule has 1 atom stereocenters. The molecule has 0 spiro atoms. The molecule has 0 aliphatic carbocycles. The van der Waals surface area contributed by atoms with Crippen molar-refractivity contribution in [1.82, 2.24) is 0 Å². The van der Waals surface area contributed by atoms with E-state index in [4.69, 9.17) is 14.2 Å². The summed E-state index contributed by atoms with van der Waals surface area (Å²) in [6.07, 6.45) is 38.1. The zero-order chi connectivity index (χ0) is 37.5. The van der Waals surface area contributed by atoms with Gasteiger partial charge in [-0.05, 0) is 25.2 Å².